The van der Waals surface area contributed by atoms with Crippen molar-refractivity contribution in [2.45, 2.75) is 25.7 Å². The van der Waals surface area contributed by atoms with Gasteiger partial charge in [-0.2, -0.15) is 4.98 Å². The molecule has 0 saturated heterocycles. The lowest BCUT2D eigenvalue weighted by atomic mass is 10.3. The van der Waals surface area contributed by atoms with Crippen LogP contribution in [0.25, 0.3) is 0 Å². The Kier molecular flexibility index (Phi) is 9.46. The van der Waals surface area contributed by atoms with Crippen LogP contribution in [0.4, 0.5) is 28.8 Å². The molecule has 8 N–H and O–H groups in total. The Morgan fingerprint density at radius 3 is 2.23 bits per heavy atom. The lowest BCUT2D eigenvalue weighted by molar-refractivity contribution is -0.137. The van der Waals surface area contributed by atoms with E-state index in [2.05, 4.69) is 15.3 Å². The van der Waals surface area contributed by atoms with Crippen LogP contribution in [0.5, 0.6) is 11.5 Å². The average molecular weight is 482 g/mol. The molecular weight excluding hydrogens is 450 g/mol. The number of hydrogen-bond acceptors (Lipinski definition) is 10. The minimum atomic E-state index is -0.848. The fourth-order valence-corrected chi connectivity index (χ4v) is 3.07. The zero-order chi connectivity index (χ0) is 25.0. The van der Waals surface area contributed by atoms with Gasteiger partial charge in [0.2, 0.25) is 5.95 Å². The van der Waals surface area contributed by atoms with Gasteiger partial charge in [-0.3, -0.25) is 9.80 Å². The van der Waals surface area contributed by atoms with E-state index in [-0.39, 0.29) is 6.42 Å². The lowest BCUT2D eigenvalue weighted by Crippen LogP contribution is -2.27. The molecule has 3 rings (SSSR count). The monoisotopic (exact) mass is 481 g/mol. The molecule has 0 fully saturated rings. The maximum Gasteiger partial charge on any atom is 0.303 e. The van der Waals surface area contributed by atoms with Gasteiger partial charge in [-0.15, -0.1) is 0 Å². The quantitative estimate of drug-likeness (QED) is 0.130. The molecule has 0 amide bonds. The van der Waals surface area contributed by atoms with E-state index in [1.165, 1.54) is 11.2 Å². The number of benzene rings is 2. The molecule has 0 atom stereocenters. The number of nitrogens with two attached hydrogens (primary N) is 3. The Hall–Kier alpha value is -4.09. The van der Waals surface area contributed by atoms with Crippen LogP contribution in [0, 0.1) is 0 Å². The van der Waals surface area contributed by atoms with Crippen molar-refractivity contribution >= 4 is 34.8 Å². The first-order valence-corrected chi connectivity index (χ1v) is 11.3. The van der Waals surface area contributed by atoms with E-state index >= 15 is 0 Å². The van der Waals surface area contributed by atoms with Crippen molar-refractivity contribution in [3.05, 3.63) is 54.7 Å². The number of anilines is 5. The number of ether oxygens (including phenoxy) is 2. The molecule has 2 aromatic carbocycles. The topological polar surface area (TPSA) is 175 Å². The molecule has 0 aliphatic carbocycles. The summed E-state index contributed by atoms with van der Waals surface area (Å²) in [6.07, 6.45) is 3.82. The van der Waals surface area contributed by atoms with E-state index in [9.17, 15) is 4.79 Å². The number of nitrogens with one attached hydrogen (secondary N) is 1. The fourth-order valence-electron chi connectivity index (χ4n) is 3.07. The van der Waals surface area contributed by atoms with Gasteiger partial charge in [0.25, 0.3) is 0 Å². The van der Waals surface area contributed by atoms with E-state index in [1.54, 1.807) is 24.3 Å². The number of carboxylic acids is 1. The van der Waals surface area contributed by atoms with Crippen LogP contribution >= 0.6 is 0 Å². The first kappa shape index (κ1) is 25.5. The van der Waals surface area contributed by atoms with Gasteiger partial charge >= 0.3 is 5.97 Å². The molecule has 35 heavy (non-hydrogen) atoms. The summed E-state index contributed by atoms with van der Waals surface area (Å²) >= 11 is 0. The number of aliphatic carboxylic acids is 1. The summed E-state index contributed by atoms with van der Waals surface area (Å²) < 4.78 is 11.2. The van der Waals surface area contributed by atoms with E-state index in [1.807, 2.05) is 24.3 Å². The third-order valence-corrected chi connectivity index (χ3v) is 4.92. The lowest BCUT2D eigenvalue weighted by Gasteiger charge is -2.20. The minimum absolute atomic E-state index is 0.0607. The fraction of sp³-hybridized carbons (Fsp3) is 0.292. The highest BCUT2D eigenvalue weighted by molar-refractivity contribution is 5.71. The molecule has 0 aliphatic rings. The Morgan fingerprint density at radius 2 is 1.60 bits per heavy atom. The molecule has 1 heterocycles. The van der Waals surface area contributed by atoms with Gasteiger partial charge in [0.1, 0.15) is 11.5 Å². The highest BCUT2D eigenvalue weighted by Gasteiger charge is 2.13. The second kappa shape index (κ2) is 13.0. The molecule has 0 saturated carbocycles. The molecule has 0 bridgehead atoms. The summed E-state index contributed by atoms with van der Waals surface area (Å²) in [5.74, 6) is 7.47. The van der Waals surface area contributed by atoms with E-state index in [0.717, 1.165) is 24.3 Å². The van der Waals surface area contributed by atoms with Crippen molar-refractivity contribution in [2.75, 3.05) is 35.8 Å². The standard InChI is InChI=1S/C24H31N7O4/c25-13-1-2-14-34-19-9-5-17(6-10-19)29-24-28-16-21(26)23(30-24)31(27)18-7-11-20(12-8-18)35-15-3-4-22(32)33/h5-12,16H,1-4,13-15,25-27H2,(H,32,33)(H,28,29,30). The Balaban J connectivity index is 1.60. The Labute approximate surface area is 203 Å². The van der Waals surface area contributed by atoms with Gasteiger partial charge in [-0.25, -0.2) is 10.8 Å². The van der Waals surface area contributed by atoms with E-state index < -0.39 is 5.97 Å². The first-order chi connectivity index (χ1) is 17.0. The normalized spacial score (nSPS) is 10.6. The van der Waals surface area contributed by atoms with Crippen molar-refractivity contribution in [1.29, 1.82) is 0 Å². The maximum absolute atomic E-state index is 10.6. The summed E-state index contributed by atoms with van der Waals surface area (Å²) in [5.41, 5.74) is 13.3. The maximum atomic E-state index is 10.6. The number of unbranched alkanes of at least 4 members (excludes halogenated alkanes) is 1. The van der Waals surface area contributed by atoms with Crippen LogP contribution < -0.4 is 37.1 Å². The third-order valence-electron chi connectivity index (χ3n) is 4.92. The van der Waals surface area contributed by atoms with Gasteiger partial charge < -0.3 is 31.4 Å². The van der Waals surface area contributed by atoms with Crippen molar-refractivity contribution in [1.82, 2.24) is 9.97 Å². The van der Waals surface area contributed by atoms with Crippen LogP contribution in [0.2, 0.25) is 0 Å². The number of hydrogen-bond donors (Lipinski definition) is 5. The number of hydrazine groups is 1. The van der Waals surface area contributed by atoms with Crippen LogP contribution in [0.3, 0.4) is 0 Å². The average Bonchev–Trinajstić information content (AvgIpc) is 2.86. The zero-order valence-electron chi connectivity index (χ0n) is 19.4. The van der Waals surface area contributed by atoms with Crippen LogP contribution in [0.15, 0.2) is 54.7 Å². The van der Waals surface area contributed by atoms with Crippen molar-refractivity contribution in [2.24, 2.45) is 11.6 Å². The molecular formula is C24H31N7O4. The molecule has 0 spiro atoms. The Morgan fingerprint density at radius 1 is 0.971 bits per heavy atom. The van der Waals surface area contributed by atoms with Gasteiger partial charge in [-0.1, -0.05) is 0 Å². The predicted molar refractivity (Wildman–Crippen MR) is 135 cm³/mol. The molecule has 0 unspecified atom stereocenters. The molecule has 0 aliphatic heterocycles. The molecule has 3 aromatic rings. The number of rotatable bonds is 14. The smallest absolute Gasteiger partial charge is 0.303 e. The van der Waals surface area contributed by atoms with Gasteiger partial charge in [0.05, 0.1) is 30.8 Å². The van der Waals surface area contributed by atoms with Crippen molar-refractivity contribution in [3.63, 3.8) is 0 Å². The summed E-state index contributed by atoms with van der Waals surface area (Å²) in [6.45, 7) is 1.60. The third kappa shape index (κ3) is 8.02. The second-order valence-corrected chi connectivity index (χ2v) is 7.68. The molecule has 0 radical (unpaired) electrons. The molecule has 11 nitrogen and oxygen atoms in total. The van der Waals surface area contributed by atoms with E-state index in [0.29, 0.717) is 55.1 Å². The summed E-state index contributed by atoms with van der Waals surface area (Å²) in [4.78, 5) is 19.3. The number of nitrogen functional groups attached to an aromatic ring is 1. The Bertz CT molecular complexity index is 1080. The number of nitrogens with zero attached hydrogens (tertiary/aromatic N) is 3. The molecule has 11 heteroatoms. The highest BCUT2D eigenvalue weighted by Crippen LogP contribution is 2.28. The van der Waals surface area contributed by atoms with Crippen molar-refractivity contribution < 1.29 is 19.4 Å². The van der Waals surface area contributed by atoms with Crippen LogP contribution in [0.1, 0.15) is 25.7 Å². The predicted octanol–water partition coefficient (Wildman–Crippen LogP) is 3.18. The largest absolute Gasteiger partial charge is 0.494 e. The molecule has 1 aromatic heterocycles. The van der Waals surface area contributed by atoms with Gasteiger partial charge in [-0.05, 0) is 74.3 Å². The summed E-state index contributed by atoms with van der Waals surface area (Å²) in [6, 6.07) is 14.5. The molecule has 186 valence electrons. The van der Waals surface area contributed by atoms with E-state index in [4.69, 9.17) is 31.9 Å². The summed E-state index contributed by atoms with van der Waals surface area (Å²) in [5, 5.41) is 13.2. The van der Waals surface area contributed by atoms with Crippen molar-refractivity contribution in [3.8, 4) is 11.5 Å². The first-order valence-electron chi connectivity index (χ1n) is 11.3. The van der Waals surface area contributed by atoms with Crippen LogP contribution in [-0.4, -0.2) is 40.8 Å². The minimum Gasteiger partial charge on any atom is -0.494 e. The van der Waals surface area contributed by atoms with Gasteiger partial charge in [0.15, 0.2) is 5.82 Å². The summed E-state index contributed by atoms with van der Waals surface area (Å²) in [7, 11) is 0. The SMILES string of the molecule is NCCCCOc1ccc(Nc2ncc(N)c(N(N)c3ccc(OCCCC(=O)O)cc3)n2)cc1. The van der Waals surface area contributed by atoms with Gasteiger partial charge in [0, 0.05) is 12.1 Å². The van der Waals surface area contributed by atoms with Crippen LogP contribution in [-0.2, 0) is 4.79 Å². The zero-order valence-corrected chi connectivity index (χ0v) is 19.4. The number of aromatic nitrogens is 2. The second-order valence-electron chi connectivity index (χ2n) is 7.68. The number of carbonyl (C=O) groups is 1. The number of carboxylic acid groups (broad SMARTS) is 1. The highest BCUT2D eigenvalue weighted by atomic mass is 16.5.